The highest BCUT2D eigenvalue weighted by Crippen LogP contribution is 2.34. The molecule has 0 radical (unpaired) electrons. The Balaban J connectivity index is 1.45. The van der Waals surface area contributed by atoms with E-state index in [4.69, 9.17) is 16.3 Å². The van der Waals surface area contributed by atoms with Crippen LogP contribution in [-0.2, 0) is 16.1 Å². The van der Waals surface area contributed by atoms with Crippen LogP contribution in [0, 0.1) is 0 Å². The second kappa shape index (κ2) is 9.90. The zero-order valence-corrected chi connectivity index (χ0v) is 17.4. The van der Waals surface area contributed by atoms with Crippen LogP contribution in [0.5, 0.6) is 0 Å². The first-order valence-corrected chi connectivity index (χ1v) is 10.3. The second-order valence-corrected chi connectivity index (χ2v) is 8.21. The van der Waals surface area contributed by atoms with Gasteiger partial charge in [0.1, 0.15) is 6.10 Å². The number of ether oxygens (including phenoxy) is 1. The van der Waals surface area contributed by atoms with Crippen LogP contribution in [-0.4, -0.2) is 31.1 Å². The molecule has 148 valence electrons. The molecule has 1 saturated carbocycles. The molecule has 0 atom stereocenters. The average molecular weight is 398 g/mol. The molecule has 0 amide bonds. The van der Waals surface area contributed by atoms with Gasteiger partial charge in [-0.15, -0.1) is 0 Å². The standard InChI is InChI=1S/C24H28ClNO2/c1-26(2)17-19-3-8-20(9-4-19)21-10-14-23(15-11-21)28-24(27)16-7-18-5-12-22(25)13-6-18/h3-9,12-13,16,21,23H,10-11,14-15,17H2,1-2H3/b16-7+. The number of benzene rings is 2. The third kappa shape index (κ3) is 6.22. The summed E-state index contributed by atoms with van der Waals surface area (Å²) >= 11 is 5.87. The molecule has 0 bridgehead atoms. The van der Waals surface area contributed by atoms with Crippen LogP contribution in [0.4, 0.5) is 0 Å². The first-order chi connectivity index (χ1) is 13.5. The van der Waals surface area contributed by atoms with E-state index in [1.54, 1.807) is 18.2 Å². The molecule has 28 heavy (non-hydrogen) atoms. The number of carbonyl (C=O) groups excluding carboxylic acids is 1. The molecule has 2 aromatic rings. The van der Waals surface area contributed by atoms with Crippen molar-refractivity contribution in [1.29, 1.82) is 0 Å². The van der Waals surface area contributed by atoms with E-state index in [2.05, 4.69) is 43.3 Å². The Hall–Kier alpha value is -2.10. The molecule has 0 saturated heterocycles. The lowest BCUT2D eigenvalue weighted by molar-refractivity contribution is -0.144. The summed E-state index contributed by atoms with van der Waals surface area (Å²) in [4.78, 5) is 14.3. The van der Waals surface area contributed by atoms with Crippen molar-refractivity contribution in [3.8, 4) is 0 Å². The zero-order chi connectivity index (χ0) is 19.9. The van der Waals surface area contributed by atoms with E-state index in [1.165, 1.54) is 17.2 Å². The van der Waals surface area contributed by atoms with Crippen molar-refractivity contribution in [2.75, 3.05) is 14.1 Å². The number of rotatable bonds is 6. The second-order valence-electron chi connectivity index (χ2n) is 7.77. The van der Waals surface area contributed by atoms with Crippen LogP contribution in [0.2, 0.25) is 5.02 Å². The van der Waals surface area contributed by atoms with Crippen molar-refractivity contribution < 1.29 is 9.53 Å². The molecule has 1 aliphatic carbocycles. The Morgan fingerprint density at radius 1 is 1.04 bits per heavy atom. The molecule has 1 fully saturated rings. The van der Waals surface area contributed by atoms with Gasteiger partial charge < -0.3 is 9.64 Å². The molecular weight excluding hydrogens is 370 g/mol. The van der Waals surface area contributed by atoms with E-state index in [-0.39, 0.29) is 12.1 Å². The summed E-state index contributed by atoms with van der Waals surface area (Å²) in [5.41, 5.74) is 3.67. The van der Waals surface area contributed by atoms with Gasteiger partial charge in [0.2, 0.25) is 0 Å². The molecule has 0 unspecified atom stereocenters. The number of hydrogen-bond acceptors (Lipinski definition) is 3. The van der Waals surface area contributed by atoms with Crippen molar-refractivity contribution in [2.24, 2.45) is 0 Å². The summed E-state index contributed by atoms with van der Waals surface area (Å²) in [5, 5.41) is 0.684. The van der Waals surface area contributed by atoms with Gasteiger partial charge in [-0.25, -0.2) is 4.79 Å². The van der Waals surface area contributed by atoms with Crippen LogP contribution < -0.4 is 0 Å². The maximum atomic E-state index is 12.1. The molecule has 3 nitrogen and oxygen atoms in total. The highest BCUT2D eigenvalue weighted by molar-refractivity contribution is 6.30. The van der Waals surface area contributed by atoms with E-state index >= 15 is 0 Å². The van der Waals surface area contributed by atoms with Crippen molar-refractivity contribution in [3.63, 3.8) is 0 Å². The number of esters is 1. The van der Waals surface area contributed by atoms with E-state index < -0.39 is 0 Å². The Labute approximate surface area is 173 Å². The summed E-state index contributed by atoms with van der Waals surface area (Å²) < 4.78 is 5.63. The topological polar surface area (TPSA) is 29.5 Å². The lowest BCUT2D eigenvalue weighted by Gasteiger charge is -2.28. The first kappa shape index (κ1) is 20.6. The third-order valence-electron chi connectivity index (χ3n) is 5.19. The van der Waals surface area contributed by atoms with E-state index in [0.29, 0.717) is 10.9 Å². The molecule has 4 heteroatoms. The molecule has 3 rings (SSSR count). The Bertz CT molecular complexity index is 788. The zero-order valence-electron chi connectivity index (χ0n) is 16.6. The van der Waals surface area contributed by atoms with E-state index in [0.717, 1.165) is 37.8 Å². The smallest absolute Gasteiger partial charge is 0.331 e. The Morgan fingerprint density at radius 2 is 1.68 bits per heavy atom. The molecule has 0 spiro atoms. The minimum absolute atomic E-state index is 0.0200. The average Bonchev–Trinajstić information content (AvgIpc) is 2.68. The first-order valence-electron chi connectivity index (χ1n) is 9.87. The number of nitrogens with zero attached hydrogens (tertiary/aromatic N) is 1. The van der Waals surface area contributed by atoms with Crippen LogP contribution in [0.15, 0.2) is 54.6 Å². The summed E-state index contributed by atoms with van der Waals surface area (Å²) in [6, 6.07) is 16.3. The SMILES string of the molecule is CN(C)Cc1ccc(C2CCC(OC(=O)/C=C/c3ccc(Cl)cc3)CC2)cc1. The summed E-state index contributed by atoms with van der Waals surface area (Å²) in [6.45, 7) is 0.965. The van der Waals surface area contributed by atoms with Crippen LogP contribution in [0.1, 0.15) is 48.3 Å². The van der Waals surface area contributed by atoms with E-state index in [9.17, 15) is 4.79 Å². The minimum Gasteiger partial charge on any atom is -0.459 e. The molecular formula is C24H28ClNO2. The van der Waals surface area contributed by atoms with Crippen molar-refractivity contribution in [3.05, 3.63) is 76.3 Å². The number of carbonyl (C=O) groups is 1. The fourth-order valence-electron chi connectivity index (χ4n) is 3.72. The fraction of sp³-hybridized carbons (Fsp3) is 0.375. The Kier molecular flexibility index (Phi) is 7.30. The lowest BCUT2D eigenvalue weighted by Crippen LogP contribution is -2.23. The highest BCUT2D eigenvalue weighted by atomic mass is 35.5. The largest absolute Gasteiger partial charge is 0.459 e. The van der Waals surface area contributed by atoms with Gasteiger partial charge in [-0.1, -0.05) is 48.0 Å². The van der Waals surface area contributed by atoms with Gasteiger partial charge in [0.15, 0.2) is 0 Å². The minimum atomic E-state index is -0.272. The highest BCUT2D eigenvalue weighted by Gasteiger charge is 2.24. The molecule has 2 aromatic carbocycles. The van der Waals surface area contributed by atoms with Gasteiger partial charge >= 0.3 is 5.97 Å². The van der Waals surface area contributed by atoms with Gasteiger partial charge in [0.05, 0.1) is 0 Å². The van der Waals surface area contributed by atoms with E-state index in [1.807, 2.05) is 12.1 Å². The van der Waals surface area contributed by atoms with Crippen molar-refractivity contribution in [2.45, 2.75) is 44.2 Å². The summed E-state index contributed by atoms with van der Waals surface area (Å²) in [5.74, 6) is 0.291. The molecule has 0 heterocycles. The van der Waals surface area contributed by atoms with Crippen LogP contribution >= 0.6 is 11.6 Å². The van der Waals surface area contributed by atoms with Crippen LogP contribution in [0.3, 0.4) is 0 Å². The van der Waals surface area contributed by atoms with Crippen molar-refractivity contribution >= 4 is 23.6 Å². The van der Waals surface area contributed by atoms with Crippen LogP contribution in [0.25, 0.3) is 6.08 Å². The lowest BCUT2D eigenvalue weighted by atomic mass is 9.82. The monoisotopic (exact) mass is 397 g/mol. The third-order valence-corrected chi connectivity index (χ3v) is 5.44. The molecule has 0 N–H and O–H groups in total. The maximum absolute atomic E-state index is 12.1. The maximum Gasteiger partial charge on any atom is 0.331 e. The van der Waals surface area contributed by atoms with Crippen molar-refractivity contribution in [1.82, 2.24) is 4.90 Å². The molecule has 0 aromatic heterocycles. The van der Waals surface area contributed by atoms with Gasteiger partial charge in [-0.2, -0.15) is 0 Å². The quantitative estimate of drug-likeness (QED) is 0.463. The number of hydrogen-bond donors (Lipinski definition) is 0. The number of halogens is 1. The van der Waals surface area contributed by atoms with Gasteiger partial charge in [0, 0.05) is 17.6 Å². The predicted octanol–water partition coefficient (Wildman–Crippen LogP) is 5.68. The predicted molar refractivity (Wildman–Crippen MR) is 115 cm³/mol. The summed E-state index contributed by atoms with van der Waals surface area (Å²) in [7, 11) is 4.17. The molecule has 1 aliphatic rings. The normalized spacial score (nSPS) is 19.9. The molecule has 0 aliphatic heterocycles. The Morgan fingerprint density at radius 3 is 2.29 bits per heavy atom. The summed E-state index contributed by atoms with van der Waals surface area (Å²) in [6.07, 6.45) is 7.25. The van der Waals surface area contributed by atoms with Gasteiger partial charge in [-0.05, 0) is 80.6 Å². The van der Waals surface area contributed by atoms with Gasteiger partial charge in [0.25, 0.3) is 0 Å². The van der Waals surface area contributed by atoms with Gasteiger partial charge in [-0.3, -0.25) is 0 Å². The fourth-order valence-corrected chi connectivity index (χ4v) is 3.84.